The van der Waals surface area contributed by atoms with Crippen LogP contribution in [0.25, 0.3) is 10.9 Å². The van der Waals surface area contributed by atoms with Crippen LogP contribution in [-0.4, -0.2) is 52.5 Å². The van der Waals surface area contributed by atoms with Gasteiger partial charge in [0.25, 0.3) is 0 Å². The van der Waals surface area contributed by atoms with E-state index in [1.807, 2.05) is 0 Å². The summed E-state index contributed by atoms with van der Waals surface area (Å²) in [5, 5.41) is 1.47. The molecule has 1 saturated heterocycles. The fourth-order valence-corrected chi connectivity index (χ4v) is 6.97. The summed E-state index contributed by atoms with van der Waals surface area (Å²) in [6, 6.07) is 8.27. The molecule has 1 aromatic carbocycles. The Balaban J connectivity index is 1.46. The smallest absolute Gasteiger partial charge is 0.227 e. The Morgan fingerprint density at radius 2 is 2.03 bits per heavy atom. The third-order valence-electron chi connectivity index (χ3n) is 8.51. The zero-order valence-corrected chi connectivity index (χ0v) is 20.0. The molecule has 1 saturated carbocycles. The number of nitrogens with zero attached hydrogens (tertiary/aromatic N) is 3. The van der Waals surface area contributed by atoms with Crippen molar-refractivity contribution in [3.63, 3.8) is 0 Å². The van der Waals surface area contributed by atoms with Gasteiger partial charge in [-0.25, -0.2) is 0 Å². The van der Waals surface area contributed by atoms with Crippen LogP contribution in [0.4, 0.5) is 0 Å². The van der Waals surface area contributed by atoms with E-state index in [2.05, 4.69) is 73.5 Å². The van der Waals surface area contributed by atoms with Crippen molar-refractivity contribution in [1.82, 2.24) is 14.4 Å². The second-order valence-corrected chi connectivity index (χ2v) is 10.8. The zero-order valence-electron chi connectivity index (χ0n) is 20.0. The van der Waals surface area contributed by atoms with Gasteiger partial charge in [-0.3, -0.25) is 4.79 Å². The number of likely N-dealkylation sites (N-methyl/N-ethyl adjacent to an activating group) is 1. The molecule has 3 aliphatic rings. The summed E-state index contributed by atoms with van der Waals surface area (Å²) in [4.78, 5) is 18.4. The highest BCUT2D eigenvalue weighted by atomic mass is 16.2. The third kappa shape index (κ3) is 3.42. The van der Waals surface area contributed by atoms with Crippen LogP contribution >= 0.6 is 0 Å². The van der Waals surface area contributed by atoms with E-state index in [4.69, 9.17) is 0 Å². The minimum absolute atomic E-state index is 0.117. The van der Waals surface area contributed by atoms with Crippen molar-refractivity contribution < 1.29 is 4.79 Å². The van der Waals surface area contributed by atoms with E-state index in [0.29, 0.717) is 30.0 Å². The number of likely N-dealkylation sites (tertiary alicyclic amines) is 1. The van der Waals surface area contributed by atoms with E-state index < -0.39 is 0 Å². The van der Waals surface area contributed by atoms with Crippen LogP contribution in [0.2, 0.25) is 0 Å². The van der Waals surface area contributed by atoms with Crippen molar-refractivity contribution in [3.8, 4) is 0 Å². The first-order valence-electron chi connectivity index (χ1n) is 12.5. The fraction of sp³-hybridized carbons (Fsp3) is 0.667. The average Bonchev–Trinajstić information content (AvgIpc) is 3.34. The Kier molecular flexibility index (Phi) is 5.40. The number of fused-ring (bicyclic) bond motifs is 2. The van der Waals surface area contributed by atoms with Gasteiger partial charge in [0, 0.05) is 54.2 Å². The number of hydrogen-bond donors (Lipinski definition) is 0. The van der Waals surface area contributed by atoms with Crippen molar-refractivity contribution in [2.24, 2.45) is 11.8 Å². The molecule has 1 amide bonds. The van der Waals surface area contributed by atoms with E-state index in [0.717, 1.165) is 31.8 Å². The zero-order chi connectivity index (χ0) is 21.9. The number of piperidine rings is 1. The van der Waals surface area contributed by atoms with E-state index in [9.17, 15) is 4.79 Å². The Morgan fingerprint density at radius 1 is 1.23 bits per heavy atom. The fourth-order valence-electron chi connectivity index (χ4n) is 6.97. The molecule has 2 aliphatic carbocycles. The highest BCUT2D eigenvalue weighted by molar-refractivity contribution is 5.89. The van der Waals surface area contributed by atoms with Gasteiger partial charge in [0.15, 0.2) is 0 Å². The molecule has 2 aromatic rings. The lowest BCUT2D eigenvalue weighted by Crippen LogP contribution is -2.53. The molecule has 5 rings (SSSR count). The molecule has 2 heterocycles. The van der Waals surface area contributed by atoms with Gasteiger partial charge in [-0.05, 0) is 83.0 Å². The first-order valence-corrected chi connectivity index (χ1v) is 12.5. The molecule has 1 aromatic heterocycles. The van der Waals surface area contributed by atoms with Gasteiger partial charge >= 0.3 is 0 Å². The molecule has 4 heteroatoms. The number of amides is 1. The number of rotatable bonds is 4. The Labute approximate surface area is 187 Å². The Morgan fingerprint density at radius 3 is 2.71 bits per heavy atom. The van der Waals surface area contributed by atoms with Gasteiger partial charge in [-0.2, -0.15) is 0 Å². The van der Waals surface area contributed by atoms with E-state index in [1.165, 1.54) is 41.3 Å². The highest BCUT2D eigenvalue weighted by Crippen LogP contribution is 2.46. The maximum absolute atomic E-state index is 13.7. The molecule has 0 spiro atoms. The first-order chi connectivity index (χ1) is 14.9. The molecule has 3 unspecified atom stereocenters. The molecule has 2 fully saturated rings. The van der Waals surface area contributed by atoms with Gasteiger partial charge in [0.2, 0.25) is 5.91 Å². The molecule has 0 bridgehead atoms. The number of aromatic nitrogens is 1. The SMILES string of the molecule is CCN(C(=O)C1C[C@@H]2c3cccc4c3c(cn4C(C)C)C[C@H]2N(C)C1)C1CCC(C)C1. The molecule has 0 radical (unpaired) electrons. The molecule has 1 aliphatic heterocycles. The Hall–Kier alpha value is -1.81. The first kappa shape index (κ1) is 21.1. The summed E-state index contributed by atoms with van der Waals surface area (Å²) >= 11 is 0. The van der Waals surface area contributed by atoms with Gasteiger partial charge in [0.1, 0.15) is 0 Å². The summed E-state index contributed by atoms with van der Waals surface area (Å²) in [5.41, 5.74) is 4.34. The van der Waals surface area contributed by atoms with Gasteiger partial charge in [-0.15, -0.1) is 0 Å². The summed E-state index contributed by atoms with van der Waals surface area (Å²) < 4.78 is 2.44. The molecule has 4 nitrogen and oxygen atoms in total. The molecular weight excluding hydrogens is 382 g/mol. The number of benzene rings is 1. The van der Waals surface area contributed by atoms with E-state index >= 15 is 0 Å². The van der Waals surface area contributed by atoms with Crippen LogP contribution in [0.1, 0.15) is 76.5 Å². The highest BCUT2D eigenvalue weighted by Gasteiger charge is 2.43. The molecule has 5 atom stereocenters. The lowest BCUT2D eigenvalue weighted by Gasteiger charge is -2.46. The van der Waals surface area contributed by atoms with Gasteiger partial charge in [0.05, 0.1) is 5.92 Å². The largest absolute Gasteiger partial charge is 0.345 e. The van der Waals surface area contributed by atoms with Crippen LogP contribution in [0.5, 0.6) is 0 Å². The summed E-state index contributed by atoms with van der Waals surface area (Å²) in [6.45, 7) is 10.8. The van der Waals surface area contributed by atoms with Crippen LogP contribution in [0, 0.1) is 11.8 Å². The molecule has 168 valence electrons. The lowest BCUT2D eigenvalue weighted by atomic mass is 9.72. The Bertz CT molecular complexity index is 976. The van der Waals surface area contributed by atoms with Gasteiger partial charge in [-0.1, -0.05) is 19.1 Å². The maximum Gasteiger partial charge on any atom is 0.227 e. The summed E-state index contributed by atoms with van der Waals surface area (Å²) in [6.07, 6.45) is 8.12. The van der Waals surface area contributed by atoms with Crippen LogP contribution in [-0.2, 0) is 11.2 Å². The topological polar surface area (TPSA) is 28.5 Å². The summed E-state index contributed by atoms with van der Waals surface area (Å²) in [7, 11) is 2.25. The predicted octanol–water partition coefficient (Wildman–Crippen LogP) is 5.22. The minimum Gasteiger partial charge on any atom is -0.345 e. The normalized spacial score (nSPS) is 30.7. The van der Waals surface area contributed by atoms with E-state index in [1.54, 1.807) is 0 Å². The van der Waals surface area contributed by atoms with E-state index in [-0.39, 0.29) is 5.92 Å². The monoisotopic (exact) mass is 421 g/mol. The summed E-state index contributed by atoms with van der Waals surface area (Å²) in [5.74, 6) is 1.73. The number of carbonyl (C=O) groups is 1. The third-order valence-corrected chi connectivity index (χ3v) is 8.51. The van der Waals surface area contributed by atoms with Crippen LogP contribution in [0.3, 0.4) is 0 Å². The van der Waals surface area contributed by atoms with Crippen molar-refractivity contribution in [2.75, 3.05) is 20.1 Å². The number of carbonyl (C=O) groups excluding carboxylic acids is 1. The van der Waals surface area contributed by atoms with Gasteiger partial charge < -0.3 is 14.4 Å². The van der Waals surface area contributed by atoms with Crippen LogP contribution < -0.4 is 0 Å². The standard InChI is InChI=1S/C27H39N3O/c1-6-29(21-11-10-18(4)12-21)27(31)20-13-23-22-8-7-9-24-26(22)19(16-30(24)17(2)3)14-25(23)28(5)15-20/h7-9,16-18,20-21,23,25H,6,10-15H2,1-5H3/t18?,20?,21?,23-,25-/m1/s1. The molecular formula is C27H39N3O. The average molecular weight is 422 g/mol. The van der Waals surface area contributed by atoms with Crippen molar-refractivity contribution in [2.45, 2.75) is 83.8 Å². The van der Waals surface area contributed by atoms with Crippen molar-refractivity contribution >= 4 is 16.8 Å². The molecule has 31 heavy (non-hydrogen) atoms. The lowest BCUT2D eigenvalue weighted by molar-refractivity contribution is -0.140. The quantitative estimate of drug-likeness (QED) is 0.677. The van der Waals surface area contributed by atoms with Crippen molar-refractivity contribution in [1.29, 1.82) is 0 Å². The minimum atomic E-state index is 0.117. The second-order valence-electron chi connectivity index (χ2n) is 10.8. The predicted molar refractivity (Wildman–Crippen MR) is 127 cm³/mol. The second kappa shape index (κ2) is 7.95. The maximum atomic E-state index is 13.7. The van der Waals surface area contributed by atoms with Crippen LogP contribution in [0.15, 0.2) is 24.4 Å². The number of hydrogen-bond acceptors (Lipinski definition) is 2. The molecule has 0 N–H and O–H groups in total. The van der Waals surface area contributed by atoms with Crippen molar-refractivity contribution in [3.05, 3.63) is 35.5 Å².